The van der Waals surface area contributed by atoms with E-state index < -0.39 is 12.0 Å². The van der Waals surface area contributed by atoms with Crippen molar-refractivity contribution in [3.8, 4) is 5.88 Å². The number of carbonyl (C=O) groups excluding carboxylic acids is 1. The van der Waals surface area contributed by atoms with Crippen molar-refractivity contribution in [2.75, 3.05) is 11.1 Å². The molecule has 4 aromatic rings. The molecule has 3 N–H and O–H groups in total. The van der Waals surface area contributed by atoms with Gasteiger partial charge in [0.2, 0.25) is 5.88 Å². The Labute approximate surface area is 200 Å². The van der Waals surface area contributed by atoms with Crippen LogP contribution >= 0.6 is 11.8 Å². The number of aromatic carboxylic acids is 1. The lowest BCUT2D eigenvalue weighted by Gasteiger charge is -2.04. The third kappa shape index (κ3) is 5.26. The Morgan fingerprint density at radius 3 is 2.47 bits per heavy atom. The number of benzene rings is 3. The van der Waals surface area contributed by atoms with Crippen molar-refractivity contribution in [2.24, 2.45) is 17.3 Å². The lowest BCUT2D eigenvalue weighted by molar-refractivity contribution is 0.0697. The number of urea groups is 1. The highest BCUT2D eigenvalue weighted by Crippen LogP contribution is 2.39. The largest absolute Gasteiger partial charge is 0.493 e. The molecule has 0 unspecified atom stereocenters. The van der Waals surface area contributed by atoms with Crippen LogP contribution in [-0.2, 0) is 13.5 Å². The van der Waals surface area contributed by atoms with Crippen LogP contribution in [0.4, 0.5) is 16.2 Å². The van der Waals surface area contributed by atoms with Crippen LogP contribution in [0.25, 0.3) is 10.9 Å². The smallest absolute Gasteiger partial charge is 0.364 e. The van der Waals surface area contributed by atoms with Crippen LogP contribution < -0.4 is 5.32 Å². The molecule has 0 aliphatic carbocycles. The van der Waals surface area contributed by atoms with Crippen LogP contribution in [0.1, 0.15) is 15.9 Å². The molecular weight excluding hydrogens is 452 g/mol. The number of amides is 2. The van der Waals surface area contributed by atoms with E-state index in [-0.39, 0.29) is 17.1 Å². The number of nitrogens with one attached hydrogen (secondary N) is 1. The number of aromatic hydroxyl groups is 1. The van der Waals surface area contributed by atoms with Gasteiger partial charge in [-0.3, -0.25) is 0 Å². The Bertz CT molecular complexity index is 1370. The molecule has 0 saturated heterocycles. The van der Waals surface area contributed by atoms with Crippen molar-refractivity contribution in [1.82, 2.24) is 4.57 Å². The second kappa shape index (κ2) is 10.2. The molecular formula is C25H22N4O4S. The Morgan fingerprint density at radius 2 is 1.76 bits per heavy atom. The maximum absolute atomic E-state index is 12.1. The minimum atomic E-state index is -0.939. The molecule has 3 aromatic carbocycles. The minimum Gasteiger partial charge on any atom is -0.493 e. The average Bonchev–Trinajstić information content (AvgIpc) is 3.07. The monoisotopic (exact) mass is 474 g/mol. The molecule has 0 atom stereocenters. The van der Waals surface area contributed by atoms with Crippen LogP contribution in [0.2, 0.25) is 0 Å². The molecule has 4 rings (SSSR count). The second-order valence-electron chi connectivity index (χ2n) is 7.51. The molecule has 2 amide bonds. The maximum Gasteiger partial charge on any atom is 0.364 e. The summed E-state index contributed by atoms with van der Waals surface area (Å²) < 4.78 is 1.59. The minimum absolute atomic E-state index is 0.0769. The molecule has 1 aromatic heterocycles. The highest BCUT2D eigenvalue weighted by atomic mass is 32.2. The van der Waals surface area contributed by atoms with Crippen molar-refractivity contribution in [2.45, 2.75) is 11.3 Å². The Kier molecular flexibility index (Phi) is 6.93. The molecule has 0 saturated carbocycles. The van der Waals surface area contributed by atoms with Crippen molar-refractivity contribution in [3.05, 3.63) is 83.9 Å². The first-order chi connectivity index (χ1) is 16.4. The number of thioether (sulfide) groups is 1. The van der Waals surface area contributed by atoms with Crippen LogP contribution in [0.3, 0.4) is 0 Å². The predicted molar refractivity (Wildman–Crippen MR) is 132 cm³/mol. The number of rotatable bonds is 7. The topological polar surface area (TPSA) is 116 Å². The van der Waals surface area contributed by atoms with Crippen molar-refractivity contribution in [3.63, 3.8) is 0 Å². The molecule has 0 spiro atoms. The first-order valence-corrected chi connectivity index (χ1v) is 11.4. The SMILES string of the molecule is Cn1c(O)c(N=NC(=O)Nc2ccccc2)c2cc(SCCc3ccc(C(=O)O)cc3)ccc21. The van der Waals surface area contributed by atoms with E-state index in [1.165, 1.54) is 0 Å². The highest BCUT2D eigenvalue weighted by molar-refractivity contribution is 7.99. The predicted octanol–water partition coefficient (Wildman–Crippen LogP) is 6.23. The van der Waals surface area contributed by atoms with Crippen molar-refractivity contribution < 1.29 is 19.8 Å². The zero-order chi connectivity index (χ0) is 24.1. The fourth-order valence-electron chi connectivity index (χ4n) is 3.45. The van der Waals surface area contributed by atoms with Crippen molar-refractivity contribution in [1.29, 1.82) is 0 Å². The number of aryl methyl sites for hydroxylation is 2. The molecule has 0 radical (unpaired) electrons. The molecule has 0 fully saturated rings. The number of carboxylic acid groups (broad SMARTS) is 1. The van der Waals surface area contributed by atoms with E-state index in [9.17, 15) is 14.7 Å². The summed E-state index contributed by atoms with van der Waals surface area (Å²) in [5.74, 6) is -0.231. The fourth-order valence-corrected chi connectivity index (χ4v) is 4.38. The number of para-hydroxylation sites is 1. The van der Waals surface area contributed by atoms with Gasteiger partial charge in [0.15, 0.2) is 5.69 Å². The molecule has 172 valence electrons. The summed E-state index contributed by atoms with van der Waals surface area (Å²) in [5, 5.41) is 30.6. The number of carboxylic acids is 1. The Hall–Kier alpha value is -4.11. The lowest BCUT2D eigenvalue weighted by atomic mass is 10.1. The summed E-state index contributed by atoms with van der Waals surface area (Å²) in [5.41, 5.74) is 2.92. The van der Waals surface area contributed by atoms with E-state index in [2.05, 4.69) is 15.5 Å². The first-order valence-electron chi connectivity index (χ1n) is 10.5. The molecule has 0 aliphatic rings. The summed E-state index contributed by atoms with van der Waals surface area (Å²) in [6, 6.07) is 20.9. The van der Waals surface area contributed by atoms with Gasteiger partial charge in [-0.1, -0.05) is 35.4 Å². The molecule has 9 heteroatoms. The summed E-state index contributed by atoms with van der Waals surface area (Å²) in [7, 11) is 1.72. The van der Waals surface area contributed by atoms with Crippen LogP contribution in [-0.4, -0.2) is 32.5 Å². The number of hydrogen-bond donors (Lipinski definition) is 3. The summed E-state index contributed by atoms with van der Waals surface area (Å²) >= 11 is 1.63. The van der Waals surface area contributed by atoms with Gasteiger partial charge >= 0.3 is 12.0 Å². The summed E-state index contributed by atoms with van der Waals surface area (Å²) in [6.45, 7) is 0. The van der Waals surface area contributed by atoms with E-state index in [0.29, 0.717) is 11.1 Å². The van der Waals surface area contributed by atoms with E-state index >= 15 is 0 Å². The van der Waals surface area contributed by atoms with Gasteiger partial charge in [-0.25, -0.2) is 9.59 Å². The zero-order valence-corrected chi connectivity index (χ0v) is 19.1. The third-order valence-electron chi connectivity index (χ3n) is 5.24. The molecule has 0 aliphatic heterocycles. The normalized spacial score (nSPS) is 11.2. The van der Waals surface area contributed by atoms with E-state index in [1.54, 1.807) is 59.8 Å². The van der Waals surface area contributed by atoms with Gasteiger partial charge in [-0.05, 0) is 54.4 Å². The van der Waals surface area contributed by atoms with E-state index in [4.69, 9.17) is 5.11 Å². The lowest BCUT2D eigenvalue weighted by Crippen LogP contribution is -2.04. The molecule has 0 bridgehead atoms. The highest BCUT2D eigenvalue weighted by Gasteiger charge is 2.15. The molecule has 8 nitrogen and oxygen atoms in total. The summed E-state index contributed by atoms with van der Waals surface area (Å²) in [6.07, 6.45) is 0.773. The van der Waals surface area contributed by atoms with Crippen LogP contribution in [0, 0.1) is 0 Å². The van der Waals surface area contributed by atoms with Gasteiger partial charge in [-0.15, -0.1) is 16.9 Å². The third-order valence-corrected chi connectivity index (χ3v) is 6.24. The van der Waals surface area contributed by atoms with Gasteiger partial charge in [0.05, 0.1) is 11.1 Å². The average molecular weight is 475 g/mol. The number of aromatic nitrogens is 1. The van der Waals surface area contributed by atoms with Crippen LogP contribution in [0.5, 0.6) is 5.88 Å². The Balaban J connectivity index is 1.47. The van der Waals surface area contributed by atoms with Crippen LogP contribution in [0.15, 0.2) is 87.9 Å². The van der Waals surface area contributed by atoms with E-state index in [1.807, 2.05) is 36.4 Å². The number of anilines is 1. The molecule has 1 heterocycles. The quantitative estimate of drug-likeness (QED) is 0.217. The van der Waals surface area contributed by atoms with Gasteiger partial charge in [0, 0.05) is 28.8 Å². The number of fused-ring (bicyclic) bond motifs is 1. The zero-order valence-electron chi connectivity index (χ0n) is 18.3. The van der Waals surface area contributed by atoms with Gasteiger partial charge in [-0.2, -0.15) is 0 Å². The van der Waals surface area contributed by atoms with E-state index in [0.717, 1.165) is 28.1 Å². The number of hydrogen-bond acceptors (Lipinski definition) is 5. The summed E-state index contributed by atoms with van der Waals surface area (Å²) in [4.78, 5) is 24.1. The fraction of sp³-hybridized carbons (Fsp3) is 0.120. The van der Waals surface area contributed by atoms with Crippen molar-refractivity contribution >= 4 is 46.0 Å². The maximum atomic E-state index is 12.1. The second-order valence-corrected chi connectivity index (χ2v) is 8.68. The molecule has 34 heavy (non-hydrogen) atoms. The van der Waals surface area contributed by atoms with Gasteiger partial charge in [0.1, 0.15) is 0 Å². The number of azo groups is 1. The number of carbonyl (C=O) groups is 2. The number of nitrogens with zero attached hydrogens (tertiary/aromatic N) is 3. The van der Waals surface area contributed by atoms with Gasteiger partial charge in [0.25, 0.3) is 0 Å². The Morgan fingerprint density at radius 1 is 1.03 bits per heavy atom. The first kappa shape index (κ1) is 23.1. The standard InChI is InChI=1S/C25H22N4O4S/c1-29-21-12-11-19(34-14-13-16-7-9-17(10-8-16)24(31)32)15-20(21)22(23(29)30)27-28-25(33)26-18-5-3-2-4-6-18/h2-12,15,30H,13-14H2,1H3,(H,26,33)(H,31,32). The van der Waals surface area contributed by atoms with Gasteiger partial charge < -0.3 is 20.1 Å².